The predicted molar refractivity (Wildman–Crippen MR) is 45.2 cm³/mol. The molecule has 0 rings (SSSR count). The van der Waals surface area contributed by atoms with Gasteiger partial charge < -0.3 is 19.3 Å². The lowest BCUT2D eigenvalue weighted by atomic mass is 10.4. The smallest absolute Gasteiger partial charge is 0.0781 e. The zero-order valence-electron chi connectivity index (χ0n) is 7.78. The van der Waals surface area contributed by atoms with Crippen LogP contribution in [0.5, 0.6) is 0 Å². The fourth-order valence-electron chi connectivity index (χ4n) is 0.695. The van der Waals surface area contributed by atoms with Crippen LogP contribution in [0, 0.1) is 0 Å². The number of hydrogen-bond donors (Lipinski definition) is 1. The maximum absolute atomic E-state index is 8.41. The fourth-order valence-corrected chi connectivity index (χ4v) is 0.695. The number of hydrogen-bond acceptors (Lipinski definition) is 4. The van der Waals surface area contributed by atoms with Crippen LogP contribution in [0.25, 0.3) is 0 Å². The summed E-state index contributed by atoms with van der Waals surface area (Å²) >= 11 is 0. The predicted octanol–water partition coefficient (Wildman–Crippen LogP) is 0.0468. The van der Waals surface area contributed by atoms with Crippen LogP contribution >= 0.6 is 0 Å². The maximum atomic E-state index is 8.41. The summed E-state index contributed by atoms with van der Waals surface area (Å²) in [6.07, 6.45) is 0.0618. The van der Waals surface area contributed by atoms with E-state index >= 15 is 0 Å². The highest BCUT2D eigenvalue weighted by atomic mass is 16.5. The van der Waals surface area contributed by atoms with Gasteiger partial charge in [-0.1, -0.05) is 0 Å². The fraction of sp³-hybridized carbons (Fsp3) is 1.00. The van der Waals surface area contributed by atoms with E-state index in [1.54, 1.807) is 7.11 Å². The number of methoxy groups -OCH3 is 1. The lowest BCUT2D eigenvalue weighted by Gasteiger charge is -2.12. The first-order chi connectivity index (χ1) is 5.81. The number of aliphatic hydroxyl groups is 1. The van der Waals surface area contributed by atoms with Crippen LogP contribution in [0.2, 0.25) is 0 Å². The summed E-state index contributed by atoms with van der Waals surface area (Å²) in [6, 6.07) is 0. The molecule has 4 nitrogen and oxygen atoms in total. The molecule has 1 atom stereocenters. The zero-order valence-corrected chi connectivity index (χ0v) is 7.78. The molecule has 0 aliphatic rings. The molecule has 1 N–H and O–H groups in total. The standard InChI is InChI=1S/C8H18O4/c1-8(7-11-4-3-9)12-6-5-10-2/h8-9H,3-7H2,1-2H3. The zero-order chi connectivity index (χ0) is 9.23. The van der Waals surface area contributed by atoms with E-state index in [4.69, 9.17) is 19.3 Å². The Morgan fingerprint density at radius 3 is 2.58 bits per heavy atom. The number of ether oxygens (including phenoxy) is 3. The molecule has 0 aromatic heterocycles. The van der Waals surface area contributed by atoms with Gasteiger partial charge in [-0.25, -0.2) is 0 Å². The third-order valence-electron chi connectivity index (χ3n) is 1.28. The summed E-state index contributed by atoms with van der Waals surface area (Å²) in [5.41, 5.74) is 0. The summed E-state index contributed by atoms with van der Waals surface area (Å²) in [7, 11) is 1.64. The van der Waals surface area contributed by atoms with Gasteiger partial charge in [0, 0.05) is 7.11 Å². The third-order valence-corrected chi connectivity index (χ3v) is 1.28. The summed E-state index contributed by atoms with van der Waals surface area (Å²) < 4.78 is 15.2. The molecular weight excluding hydrogens is 160 g/mol. The van der Waals surface area contributed by atoms with E-state index in [1.807, 2.05) is 6.92 Å². The van der Waals surface area contributed by atoms with E-state index in [2.05, 4.69) is 0 Å². The van der Waals surface area contributed by atoms with Crippen LogP contribution in [-0.4, -0.2) is 51.4 Å². The monoisotopic (exact) mass is 178 g/mol. The Hall–Kier alpha value is -0.160. The second-order valence-electron chi connectivity index (χ2n) is 2.47. The van der Waals surface area contributed by atoms with Crippen molar-refractivity contribution in [2.45, 2.75) is 13.0 Å². The first-order valence-corrected chi connectivity index (χ1v) is 4.10. The SMILES string of the molecule is COCCOC(C)COCCO. The topological polar surface area (TPSA) is 47.9 Å². The molecular formula is C8H18O4. The molecule has 0 amide bonds. The summed E-state index contributed by atoms with van der Waals surface area (Å²) in [5, 5.41) is 8.41. The molecule has 4 heteroatoms. The Morgan fingerprint density at radius 1 is 1.25 bits per heavy atom. The highest BCUT2D eigenvalue weighted by Crippen LogP contribution is 1.91. The molecule has 0 radical (unpaired) electrons. The van der Waals surface area contributed by atoms with E-state index < -0.39 is 0 Å². The Morgan fingerprint density at radius 2 is 2.00 bits per heavy atom. The van der Waals surface area contributed by atoms with Gasteiger partial charge in [0.15, 0.2) is 0 Å². The molecule has 0 heterocycles. The summed E-state index contributed by atoms with van der Waals surface area (Å²) in [6.45, 7) is 4.06. The van der Waals surface area contributed by atoms with E-state index in [9.17, 15) is 0 Å². The number of aliphatic hydroxyl groups excluding tert-OH is 1. The van der Waals surface area contributed by atoms with Crippen LogP contribution in [0.3, 0.4) is 0 Å². The Balaban J connectivity index is 3.04. The highest BCUT2D eigenvalue weighted by molar-refractivity contribution is 4.46. The average molecular weight is 178 g/mol. The molecule has 0 spiro atoms. The molecule has 74 valence electrons. The van der Waals surface area contributed by atoms with Gasteiger partial charge in [-0.05, 0) is 6.92 Å². The van der Waals surface area contributed by atoms with Gasteiger partial charge in [-0.2, -0.15) is 0 Å². The van der Waals surface area contributed by atoms with E-state index in [0.29, 0.717) is 26.4 Å². The van der Waals surface area contributed by atoms with Gasteiger partial charge in [0.2, 0.25) is 0 Å². The lowest BCUT2D eigenvalue weighted by Crippen LogP contribution is -2.19. The van der Waals surface area contributed by atoms with Gasteiger partial charge in [-0.15, -0.1) is 0 Å². The molecule has 0 aromatic carbocycles. The largest absolute Gasteiger partial charge is 0.394 e. The van der Waals surface area contributed by atoms with Gasteiger partial charge in [0.1, 0.15) is 0 Å². The van der Waals surface area contributed by atoms with Crippen molar-refractivity contribution in [3.8, 4) is 0 Å². The van der Waals surface area contributed by atoms with Crippen molar-refractivity contribution in [3.63, 3.8) is 0 Å². The average Bonchev–Trinajstić information content (AvgIpc) is 2.06. The second-order valence-corrected chi connectivity index (χ2v) is 2.47. The minimum atomic E-state index is 0.0603. The second kappa shape index (κ2) is 8.93. The van der Waals surface area contributed by atoms with Crippen LogP contribution in [0.15, 0.2) is 0 Å². The van der Waals surface area contributed by atoms with Gasteiger partial charge in [0.25, 0.3) is 0 Å². The van der Waals surface area contributed by atoms with Gasteiger partial charge in [0.05, 0.1) is 39.1 Å². The lowest BCUT2D eigenvalue weighted by molar-refractivity contribution is -0.0292. The third kappa shape index (κ3) is 7.94. The summed E-state index contributed by atoms with van der Waals surface area (Å²) in [4.78, 5) is 0. The first kappa shape index (κ1) is 11.8. The van der Waals surface area contributed by atoms with Crippen molar-refractivity contribution in [2.24, 2.45) is 0 Å². The van der Waals surface area contributed by atoms with E-state index in [-0.39, 0.29) is 12.7 Å². The molecule has 0 aromatic rings. The number of rotatable bonds is 8. The molecule has 0 aliphatic carbocycles. The van der Waals surface area contributed by atoms with Gasteiger partial charge in [-0.3, -0.25) is 0 Å². The highest BCUT2D eigenvalue weighted by Gasteiger charge is 2.00. The molecule has 0 aliphatic heterocycles. The van der Waals surface area contributed by atoms with Crippen LogP contribution < -0.4 is 0 Å². The van der Waals surface area contributed by atoms with E-state index in [0.717, 1.165) is 0 Å². The van der Waals surface area contributed by atoms with Gasteiger partial charge >= 0.3 is 0 Å². The molecule has 0 saturated heterocycles. The van der Waals surface area contributed by atoms with Crippen LogP contribution in [-0.2, 0) is 14.2 Å². The molecule has 12 heavy (non-hydrogen) atoms. The normalized spacial score (nSPS) is 13.2. The van der Waals surface area contributed by atoms with Crippen molar-refractivity contribution in [3.05, 3.63) is 0 Å². The molecule has 0 fully saturated rings. The van der Waals surface area contributed by atoms with Crippen molar-refractivity contribution < 1.29 is 19.3 Å². The Bertz CT molecular complexity index is 77.1. The van der Waals surface area contributed by atoms with Crippen molar-refractivity contribution >= 4 is 0 Å². The Labute approximate surface area is 73.4 Å². The Kier molecular flexibility index (Phi) is 8.81. The maximum Gasteiger partial charge on any atom is 0.0781 e. The minimum Gasteiger partial charge on any atom is -0.394 e. The van der Waals surface area contributed by atoms with Crippen molar-refractivity contribution in [1.82, 2.24) is 0 Å². The first-order valence-electron chi connectivity index (χ1n) is 4.10. The molecule has 1 unspecified atom stereocenters. The van der Waals surface area contributed by atoms with Crippen molar-refractivity contribution in [1.29, 1.82) is 0 Å². The van der Waals surface area contributed by atoms with E-state index in [1.165, 1.54) is 0 Å². The van der Waals surface area contributed by atoms with Crippen LogP contribution in [0.4, 0.5) is 0 Å². The quantitative estimate of drug-likeness (QED) is 0.533. The van der Waals surface area contributed by atoms with Crippen molar-refractivity contribution in [2.75, 3.05) is 40.1 Å². The summed E-state index contributed by atoms with van der Waals surface area (Å²) in [5.74, 6) is 0. The van der Waals surface area contributed by atoms with Crippen LogP contribution in [0.1, 0.15) is 6.92 Å². The molecule has 0 saturated carbocycles. The minimum absolute atomic E-state index is 0.0603. The molecule has 0 bridgehead atoms.